The van der Waals surface area contributed by atoms with E-state index in [-0.39, 0.29) is 11.8 Å². The molecule has 5 heteroatoms. The van der Waals surface area contributed by atoms with Gasteiger partial charge in [-0.05, 0) is 49.4 Å². The lowest BCUT2D eigenvalue weighted by Crippen LogP contribution is -2.33. The lowest BCUT2D eigenvalue weighted by atomic mass is 9.92. The van der Waals surface area contributed by atoms with Crippen molar-refractivity contribution in [3.8, 4) is 0 Å². The minimum Gasteiger partial charge on any atom is -0.363 e. The predicted octanol–water partition coefficient (Wildman–Crippen LogP) is 1.15. The standard InChI is InChI=1S/C16H24N4O/c1-20(2)14-4-3-12(10-18-14)11-19-15(21)13-9-16(13)5-7-17-8-6-16/h3-4,10,13,17H,5-9,11H2,1-2H3,(H,19,21). The molecule has 2 N–H and O–H groups in total. The van der Waals surface area contributed by atoms with Gasteiger partial charge in [-0.1, -0.05) is 6.07 Å². The van der Waals surface area contributed by atoms with E-state index in [9.17, 15) is 4.79 Å². The molecule has 1 saturated carbocycles. The van der Waals surface area contributed by atoms with Gasteiger partial charge in [0, 0.05) is 32.8 Å². The highest BCUT2D eigenvalue weighted by Crippen LogP contribution is 2.58. The molecule has 0 radical (unpaired) electrons. The number of carbonyl (C=O) groups excluding carboxylic acids is 1. The average molecular weight is 288 g/mol. The second-order valence-electron chi connectivity index (χ2n) is 6.51. The number of amides is 1. The molecule has 1 aliphatic carbocycles. The highest BCUT2D eigenvalue weighted by Gasteiger charge is 2.57. The zero-order chi connectivity index (χ0) is 14.9. The molecule has 1 saturated heterocycles. The first kappa shape index (κ1) is 14.3. The van der Waals surface area contributed by atoms with Crippen LogP contribution in [-0.2, 0) is 11.3 Å². The highest BCUT2D eigenvalue weighted by atomic mass is 16.2. The van der Waals surface area contributed by atoms with E-state index < -0.39 is 0 Å². The summed E-state index contributed by atoms with van der Waals surface area (Å²) >= 11 is 0. The van der Waals surface area contributed by atoms with Gasteiger partial charge < -0.3 is 15.5 Å². The van der Waals surface area contributed by atoms with E-state index in [1.165, 1.54) is 0 Å². The van der Waals surface area contributed by atoms with E-state index in [0.717, 1.165) is 43.7 Å². The lowest BCUT2D eigenvalue weighted by Gasteiger charge is -2.23. The Labute approximate surface area is 126 Å². The zero-order valence-corrected chi connectivity index (χ0v) is 12.9. The molecule has 1 aromatic heterocycles. The van der Waals surface area contributed by atoms with Crippen LogP contribution in [0.3, 0.4) is 0 Å². The van der Waals surface area contributed by atoms with Gasteiger partial charge in [-0.15, -0.1) is 0 Å². The van der Waals surface area contributed by atoms with Gasteiger partial charge in [0.2, 0.25) is 5.91 Å². The molecule has 21 heavy (non-hydrogen) atoms. The van der Waals surface area contributed by atoms with Gasteiger partial charge in [0.15, 0.2) is 0 Å². The Balaban J connectivity index is 1.50. The SMILES string of the molecule is CN(C)c1ccc(CNC(=O)C2CC23CCNCC3)cn1. The summed E-state index contributed by atoms with van der Waals surface area (Å²) in [5.41, 5.74) is 1.36. The van der Waals surface area contributed by atoms with Crippen molar-refractivity contribution in [3.05, 3.63) is 23.9 Å². The molecule has 1 aromatic rings. The lowest BCUT2D eigenvalue weighted by molar-refractivity contribution is -0.123. The number of nitrogens with zero attached hydrogens (tertiary/aromatic N) is 2. The Morgan fingerprint density at radius 3 is 2.81 bits per heavy atom. The maximum absolute atomic E-state index is 12.3. The van der Waals surface area contributed by atoms with Gasteiger partial charge in [-0.3, -0.25) is 4.79 Å². The molecule has 1 atom stereocenters. The molecule has 1 unspecified atom stereocenters. The van der Waals surface area contributed by atoms with E-state index in [0.29, 0.717) is 12.0 Å². The summed E-state index contributed by atoms with van der Waals surface area (Å²) in [6, 6.07) is 4.00. The third-order valence-electron chi connectivity index (χ3n) is 4.84. The normalized spacial score (nSPS) is 22.9. The molecule has 0 bridgehead atoms. The fraction of sp³-hybridized carbons (Fsp3) is 0.625. The molecule has 2 aliphatic rings. The van der Waals surface area contributed by atoms with Gasteiger partial charge in [-0.25, -0.2) is 4.98 Å². The van der Waals surface area contributed by atoms with Crippen molar-refractivity contribution >= 4 is 11.7 Å². The first-order valence-corrected chi connectivity index (χ1v) is 7.71. The number of anilines is 1. The number of hydrogen-bond donors (Lipinski definition) is 2. The van der Waals surface area contributed by atoms with E-state index in [4.69, 9.17) is 0 Å². The smallest absolute Gasteiger partial charge is 0.223 e. The quantitative estimate of drug-likeness (QED) is 0.873. The third-order valence-corrected chi connectivity index (χ3v) is 4.84. The van der Waals surface area contributed by atoms with Crippen LogP contribution in [0.5, 0.6) is 0 Å². The molecule has 0 aromatic carbocycles. The van der Waals surface area contributed by atoms with E-state index >= 15 is 0 Å². The van der Waals surface area contributed by atoms with Gasteiger partial charge in [-0.2, -0.15) is 0 Å². The fourth-order valence-electron chi connectivity index (χ4n) is 3.29. The summed E-state index contributed by atoms with van der Waals surface area (Å²) in [5.74, 6) is 1.38. The molecule has 1 amide bonds. The van der Waals surface area contributed by atoms with Gasteiger partial charge in [0.05, 0.1) is 0 Å². The summed E-state index contributed by atoms with van der Waals surface area (Å²) in [6.07, 6.45) is 5.19. The largest absolute Gasteiger partial charge is 0.363 e. The van der Waals surface area contributed by atoms with Crippen LogP contribution in [0, 0.1) is 11.3 Å². The van der Waals surface area contributed by atoms with Gasteiger partial charge >= 0.3 is 0 Å². The first-order chi connectivity index (χ1) is 10.1. The van der Waals surface area contributed by atoms with Crippen molar-refractivity contribution in [1.29, 1.82) is 0 Å². The Morgan fingerprint density at radius 2 is 2.19 bits per heavy atom. The van der Waals surface area contributed by atoms with Gasteiger partial charge in [0.1, 0.15) is 5.82 Å². The Morgan fingerprint density at radius 1 is 1.43 bits per heavy atom. The number of piperidine rings is 1. The molecule has 2 heterocycles. The van der Waals surface area contributed by atoms with Crippen LogP contribution in [0.15, 0.2) is 18.3 Å². The summed E-state index contributed by atoms with van der Waals surface area (Å²) in [6.45, 7) is 2.68. The van der Waals surface area contributed by atoms with Crippen LogP contribution in [-0.4, -0.2) is 38.1 Å². The van der Waals surface area contributed by atoms with Crippen molar-refractivity contribution in [3.63, 3.8) is 0 Å². The first-order valence-electron chi connectivity index (χ1n) is 7.71. The number of nitrogens with one attached hydrogen (secondary N) is 2. The Bertz CT molecular complexity index is 506. The second-order valence-corrected chi connectivity index (χ2v) is 6.51. The van der Waals surface area contributed by atoms with Crippen LogP contribution < -0.4 is 15.5 Å². The summed E-state index contributed by atoms with van der Waals surface area (Å²) in [4.78, 5) is 18.6. The minimum atomic E-state index is 0.216. The van der Waals surface area contributed by atoms with Crippen LogP contribution in [0.2, 0.25) is 0 Å². The average Bonchev–Trinajstić information content (AvgIpc) is 3.19. The van der Waals surface area contributed by atoms with Crippen LogP contribution in [0.4, 0.5) is 5.82 Å². The number of hydrogen-bond acceptors (Lipinski definition) is 4. The predicted molar refractivity (Wildman–Crippen MR) is 83.1 cm³/mol. The molecule has 5 nitrogen and oxygen atoms in total. The molecular formula is C16H24N4O. The van der Waals surface area contributed by atoms with Crippen molar-refractivity contribution in [1.82, 2.24) is 15.6 Å². The maximum atomic E-state index is 12.3. The molecule has 2 fully saturated rings. The third kappa shape index (κ3) is 3.02. The molecular weight excluding hydrogens is 264 g/mol. The number of pyridine rings is 1. The van der Waals surface area contributed by atoms with E-state index in [1.54, 1.807) is 0 Å². The van der Waals surface area contributed by atoms with E-state index in [2.05, 4.69) is 15.6 Å². The Hall–Kier alpha value is -1.62. The molecule has 1 spiro atoms. The minimum absolute atomic E-state index is 0.216. The van der Waals surface area contributed by atoms with E-state index in [1.807, 2.05) is 37.3 Å². The van der Waals surface area contributed by atoms with Crippen LogP contribution >= 0.6 is 0 Å². The number of carbonyl (C=O) groups is 1. The second kappa shape index (κ2) is 5.64. The van der Waals surface area contributed by atoms with Crippen LogP contribution in [0.25, 0.3) is 0 Å². The molecule has 114 valence electrons. The topological polar surface area (TPSA) is 57.3 Å². The molecule has 1 aliphatic heterocycles. The summed E-state index contributed by atoms with van der Waals surface area (Å²) in [7, 11) is 3.94. The monoisotopic (exact) mass is 288 g/mol. The molecule has 3 rings (SSSR count). The zero-order valence-electron chi connectivity index (χ0n) is 12.9. The summed E-state index contributed by atoms with van der Waals surface area (Å²) < 4.78 is 0. The fourth-order valence-corrected chi connectivity index (χ4v) is 3.29. The highest BCUT2D eigenvalue weighted by molar-refractivity contribution is 5.82. The van der Waals surface area contributed by atoms with Crippen molar-refractivity contribution in [2.24, 2.45) is 11.3 Å². The van der Waals surface area contributed by atoms with Crippen molar-refractivity contribution in [2.45, 2.75) is 25.8 Å². The van der Waals surface area contributed by atoms with Gasteiger partial charge in [0.25, 0.3) is 0 Å². The number of aromatic nitrogens is 1. The van der Waals surface area contributed by atoms with Crippen molar-refractivity contribution in [2.75, 3.05) is 32.1 Å². The Kier molecular flexibility index (Phi) is 3.85. The summed E-state index contributed by atoms with van der Waals surface area (Å²) in [5, 5.41) is 6.44. The maximum Gasteiger partial charge on any atom is 0.223 e. The van der Waals surface area contributed by atoms with Crippen LogP contribution in [0.1, 0.15) is 24.8 Å². The number of rotatable bonds is 4. The van der Waals surface area contributed by atoms with Crippen molar-refractivity contribution < 1.29 is 4.79 Å².